The highest BCUT2D eigenvalue weighted by atomic mass is 35.5. The summed E-state index contributed by atoms with van der Waals surface area (Å²) in [6.07, 6.45) is 9.03. The van der Waals surface area contributed by atoms with E-state index in [0.717, 1.165) is 83.4 Å². The maximum atomic E-state index is 9.33. The Bertz CT molecular complexity index is 1480. The van der Waals surface area contributed by atoms with Crippen molar-refractivity contribution >= 4 is 18.1 Å². The number of halogens is 1. The maximum absolute atomic E-state index is 9.33. The largest absolute Gasteiger partial charge is 0.493 e. The lowest BCUT2D eigenvalue weighted by molar-refractivity contribution is 0.180. The molecular formula is C31H34ClN5O3. The van der Waals surface area contributed by atoms with Crippen molar-refractivity contribution in [2.75, 3.05) is 33.4 Å². The lowest BCUT2D eigenvalue weighted by atomic mass is 10.0. The molecule has 0 bridgehead atoms. The quantitative estimate of drug-likeness (QED) is 0.196. The number of H-pyrrole nitrogens is 1. The highest BCUT2D eigenvalue weighted by molar-refractivity contribution is 6.04. The first-order valence-corrected chi connectivity index (χ1v) is 13.6. The van der Waals surface area contributed by atoms with Gasteiger partial charge < -0.3 is 19.7 Å². The maximum Gasteiger partial charge on any atom is 0.161 e. The van der Waals surface area contributed by atoms with E-state index in [2.05, 4.69) is 26.1 Å². The SMILES string of the molecule is COc1cc(-c2nc(-c3ccc4c(c3)CCC4=NO)c(-c3ccncc3)[nH]2)ccc1OCCN1CCCCC1.Cl. The molecule has 6 rings (SSSR count). The Morgan fingerprint density at radius 1 is 0.925 bits per heavy atom. The lowest BCUT2D eigenvalue weighted by Gasteiger charge is -2.26. The number of fused-ring (bicyclic) bond motifs is 1. The Balaban J connectivity index is 0.00000323. The number of benzene rings is 2. The molecule has 1 aliphatic carbocycles. The number of methoxy groups -OCH3 is 1. The second kappa shape index (κ2) is 12.5. The number of ether oxygens (including phenoxy) is 2. The normalized spacial score (nSPS) is 16.0. The van der Waals surface area contributed by atoms with Gasteiger partial charge in [-0.2, -0.15) is 0 Å². The van der Waals surface area contributed by atoms with Crippen molar-refractivity contribution in [3.8, 4) is 45.4 Å². The number of rotatable bonds is 8. The predicted octanol–water partition coefficient (Wildman–Crippen LogP) is 6.23. The predicted molar refractivity (Wildman–Crippen MR) is 159 cm³/mol. The molecule has 0 radical (unpaired) electrons. The smallest absolute Gasteiger partial charge is 0.161 e. The Labute approximate surface area is 240 Å². The highest BCUT2D eigenvalue weighted by Gasteiger charge is 2.22. The number of aromatic amines is 1. The molecule has 0 saturated carbocycles. The fraction of sp³-hybridized carbons (Fsp3) is 0.323. The Morgan fingerprint density at radius 3 is 2.50 bits per heavy atom. The van der Waals surface area contributed by atoms with Gasteiger partial charge in [-0.25, -0.2) is 4.98 Å². The summed E-state index contributed by atoms with van der Waals surface area (Å²) in [4.78, 5) is 15.3. The second-order valence-electron chi connectivity index (χ2n) is 10.1. The molecule has 208 valence electrons. The number of imidazole rings is 1. The molecule has 8 nitrogen and oxygen atoms in total. The van der Waals surface area contributed by atoms with Gasteiger partial charge in [-0.3, -0.25) is 9.88 Å². The molecule has 1 aliphatic heterocycles. The van der Waals surface area contributed by atoms with Crippen molar-refractivity contribution in [3.05, 3.63) is 72.1 Å². The molecule has 0 amide bonds. The van der Waals surface area contributed by atoms with Crippen LogP contribution in [-0.2, 0) is 6.42 Å². The van der Waals surface area contributed by atoms with Crippen LogP contribution >= 0.6 is 12.4 Å². The van der Waals surface area contributed by atoms with E-state index in [4.69, 9.17) is 14.5 Å². The van der Waals surface area contributed by atoms with Crippen molar-refractivity contribution in [1.29, 1.82) is 0 Å². The number of aryl methyl sites for hydroxylation is 1. The Kier molecular flexibility index (Phi) is 8.67. The van der Waals surface area contributed by atoms with Crippen molar-refractivity contribution in [2.24, 2.45) is 5.16 Å². The second-order valence-corrected chi connectivity index (χ2v) is 10.1. The minimum atomic E-state index is 0. The van der Waals surface area contributed by atoms with E-state index in [9.17, 15) is 5.21 Å². The average Bonchev–Trinajstić information content (AvgIpc) is 3.63. The van der Waals surface area contributed by atoms with Gasteiger partial charge in [-0.05, 0) is 80.7 Å². The van der Waals surface area contributed by atoms with Crippen molar-refractivity contribution in [2.45, 2.75) is 32.1 Å². The standard InChI is InChI=1S/C31H33N5O3.ClH/c1-38-28-20-24(7-10-27(28)39-18-17-36-15-3-2-4-16-36)31-33-29(21-11-13-32-14-12-21)30(34-31)23-5-8-25-22(19-23)6-9-26(25)35-37;/h5,7-8,10-14,19-20,37H,2-4,6,9,15-18H2,1H3,(H,33,34);1H. The van der Waals surface area contributed by atoms with Gasteiger partial charge in [0.1, 0.15) is 12.4 Å². The van der Waals surface area contributed by atoms with Crippen LogP contribution in [0.4, 0.5) is 0 Å². The Morgan fingerprint density at radius 2 is 1.73 bits per heavy atom. The first kappa shape index (κ1) is 27.7. The lowest BCUT2D eigenvalue weighted by Crippen LogP contribution is -2.33. The van der Waals surface area contributed by atoms with E-state index < -0.39 is 0 Å². The van der Waals surface area contributed by atoms with Crippen LogP contribution in [0, 0.1) is 0 Å². The summed E-state index contributed by atoms with van der Waals surface area (Å²) in [7, 11) is 1.67. The van der Waals surface area contributed by atoms with Crippen LogP contribution in [0.1, 0.15) is 36.8 Å². The van der Waals surface area contributed by atoms with Gasteiger partial charge in [0.05, 0.1) is 24.2 Å². The summed E-state index contributed by atoms with van der Waals surface area (Å²) in [5.41, 5.74) is 7.60. The van der Waals surface area contributed by atoms with E-state index >= 15 is 0 Å². The fourth-order valence-electron chi connectivity index (χ4n) is 5.57. The number of hydrogen-bond donors (Lipinski definition) is 2. The Hall–Kier alpha value is -3.88. The number of hydrogen-bond acceptors (Lipinski definition) is 7. The van der Waals surface area contributed by atoms with Crippen LogP contribution in [0.5, 0.6) is 11.5 Å². The monoisotopic (exact) mass is 559 g/mol. The summed E-state index contributed by atoms with van der Waals surface area (Å²) in [5.74, 6) is 2.16. The number of nitrogens with one attached hydrogen (secondary N) is 1. The van der Waals surface area contributed by atoms with E-state index in [1.165, 1.54) is 24.8 Å². The molecule has 2 aliphatic rings. The molecule has 3 heterocycles. The third-order valence-corrected chi connectivity index (χ3v) is 7.67. The zero-order valence-electron chi connectivity index (χ0n) is 22.6. The number of nitrogens with zero attached hydrogens (tertiary/aromatic N) is 4. The molecule has 2 aromatic carbocycles. The molecule has 9 heteroatoms. The van der Waals surface area contributed by atoms with Crippen LogP contribution in [0.2, 0.25) is 0 Å². The molecule has 1 fully saturated rings. The van der Waals surface area contributed by atoms with Crippen molar-refractivity contribution in [3.63, 3.8) is 0 Å². The number of likely N-dealkylation sites (tertiary alicyclic amines) is 1. The minimum Gasteiger partial charge on any atom is -0.493 e. The van der Waals surface area contributed by atoms with E-state index in [0.29, 0.717) is 12.4 Å². The van der Waals surface area contributed by atoms with Crippen LogP contribution in [0.15, 0.2) is 66.1 Å². The summed E-state index contributed by atoms with van der Waals surface area (Å²) in [6, 6.07) is 16.1. The molecular weight excluding hydrogens is 526 g/mol. The summed E-state index contributed by atoms with van der Waals surface area (Å²) < 4.78 is 11.8. The fourth-order valence-corrected chi connectivity index (χ4v) is 5.57. The van der Waals surface area contributed by atoms with Gasteiger partial charge in [0.2, 0.25) is 0 Å². The van der Waals surface area contributed by atoms with Crippen LogP contribution in [0.3, 0.4) is 0 Å². The number of pyridine rings is 1. The van der Waals surface area contributed by atoms with Gasteiger partial charge in [0.15, 0.2) is 11.5 Å². The van der Waals surface area contributed by atoms with Crippen molar-refractivity contribution < 1.29 is 14.7 Å². The van der Waals surface area contributed by atoms with Crippen LogP contribution in [-0.4, -0.2) is 64.1 Å². The first-order chi connectivity index (χ1) is 19.2. The number of piperidine rings is 1. The zero-order chi connectivity index (χ0) is 26.6. The van der Waals surface area contributed by atoms with E-state index in [1.54, 1.807) is 19.5 Å². The molecule has 0 unspecified atom stereocenters. The molecule has 0 atom stereocenters. The van der Waals surface area contributed by atoms with Crippen LogP contribution < -0.4 is 9.47 Å². The highest BCUT2D eigenvalue weighted by Crippen LogP contribution is 2.37. The molecule has 1 saturated heterocycles. The molecule has 40 heavy (non-hydrogen) atoms. The average molecular weight is 560 g/mol. The molecule has 2 N–H and O–H groups in total. The summed E-state index contributed by atoms with van der Waals surface area (Å²) in [5, 5.41) is 12.8. The minimum absolute atomic E-state index is 0. The van der Waals surface area contributed by atoms with Gasteiger partial charge in [0, 0.05) is 41.2 Å². The topological polar surface area (TPSA) is 95.9 Å². The van der Waals surface area contributed by atoms with E-state index in [-0.39, 0.29) is 12.4 Å². The number of oxime groups is 1. The summed E-state index contributed by atoms with van der Waals surface area (Å²) >= 11 is 0. The number of aromatic nitrogens is 3. The van der Waals surface area contributed by atoms with Gasteiger partial charge in [-0.15, -0.1) is 12.4 Å². The van der Waals surface area contributed by atoms with Gasteiger partial charge >= 0.3 is 0 Å². The molecule has 0 spiro atoms. The molecule has 4 aromatic rings. The third kappa shape index (κ3) is 5.69. The molecule has 2 aromatic heterocycles. The summed E-state index contributed by atoms with van der Waals surface area (Å²) in [6.45, 7) is 3.86. The van der Waals surface area contributed by atoms with Gasteiger partial charge in [-0.1, -0.05) is 23.7 Å². The van der Waals surface area contributed by atoms with Crippen molar-refractivity contribution in [1.82, 2.24) is 19.9 Å². The van der Waals surface area contributed by atoms with E-state index in [1.807, 2.05) is 42.5 Å². The van der Waals surface area contributed by atoms with Crippen LogP contribution in [0.25, 0.3) is 33.9 Å². The third-order valence-electron chi connectivity index (χ3n) is 7.67. The zero-order valence-corrected chi connectivity index (χ0v) is 23.4. The van der Waals surface area contributed by atoms with Gasteiger partial charge in [0.25, 0.3) is 0 Å². The first-order valence-electron chi connectivity index (χ1n) is 13.6.